The minimum Gasteiger partial charge on any atom is -0.370 e. The van der Waals surface area contributed by atoms with E-state index in [9.17, 15) is 13.2 Å². The van der Waals surface area contributed by atoms with Gasteiger partial charge in [0.25, 0.3) is 0 Å². The van der Waals surface area contributed by atoms with Crippen LogP contribution in [0.5, 0.6) is 0 Å². The van der Waals surface area contributed by atoms with Gasteiger partial charge in [-0.15, -0.1) is 0 Å². The molecule has 4 nitrogen and oxygen atoms in total. The zero-order chi connectivity index (χ0) is 15.5. The summed E-state index contributed by atoms with van der Waals surface area (Å²) in [4.78, 5) is 8.30. The lowest BCUT2D eigenvalue weighted by Crippen LogP contribution is -2.09. The molecule has 114 valence electrons. The number of nitrogens with one attached hydrogen (secondary N) is 1. The zero-order valence-electron chi connectivity index (χ0n) is 11.4. The van der Waals surface area contributed by atoms with E-state index in [0.29, 0.717) is 16.7 Å². The summed E-state index contributed by atoms with van der Waals surface area (Å²) < 4.78 is 43.3. The number of aryl methyl sites for hydroxylation is 1. The molecule has 0 aliphatic carbocycles. The van der Waals surface area contributed by atoms with Gasteiger partial charge in [-0.05, 0) is 48.8 Å². The van der Waals surface area contributed by atoms with Crippen molar-refractivity contribution in [3.8, 4) is 0 Å². The van der Waals surface area contributed by atoms with Gasteiger partial charge in [-0.25, -0.2) is 9.97 Å². The molecule has 0 atom stereocenters. The largest absolute Gasteiger partial charge is 0.416 e. The Balaban J connectivity index is 2.30. The summed E-state index contributed by atoms with van der Waals surface area (Å²) in [5.74, 6) is 0.814. The highest BCUT2D eigenvalue weighted by Gasteiger charge is 2.31. The van der Waals surface area contributed by atoms with Gasteiger partial charge in [0.1, 0.15) is 16.7 Å². The lowest BCUT2D eigenvalue weighted by molar-refractivity contribution is -0.137. The molecular formula is C12H13F3N4S2. The highest BCUT2D eigenvalue weighted by Crippen LogP contribution is 2.35. The number of halogens is 3. The molecule has 0 bridgehead atoms. The van der Waals surface area contributed by atoms with Crippen molar-refractivity contribution < 1.29 is 13.2 Å². The Bertz CT molecular complexity index is 613. The predicted octanol–water partition coefficient (Wildman–Crippen LogP) is 4.23. The molecule has 0 spiro atoms. The minimum atomic E-state index is -4.40. The van der Waals surface area contributed by atoms with E-state index < -0.39 is 11.7 Å². The van der Waals surface area contributed by atoms with Gasteiger partial charge in [-0.3, -0.25) is 0 Å². The molecule has 2 rings (SSSR count). The molecule has 0 saturated carbocycles. The van der Waals surface area contributed by atoms with Crippen LogP contribution in [0.4, 0.5) is 19.0 Å². The lowest BCUT2D eigenvalue weighted by atomic mass is 10.2. The smallest absolute Gasteiger partial charge is 0.370 e. The van der Waals surface area contributed by atoms with Gasteiger partial charge in [0.15, 0.2) is 4.34 Å². The molecule has 0 radical (unpaired) electrons. The van der Waals surface area contributed by atoms with Crippen molar-refractivity contribution in [3.05, 3.63) is 23.5 Å². The van der Waals surface area contributed by atoms with Crippen molar-refractivity contribution in [2.45, 2.75) is 35.8 Å². The third-order valence-electron chi connectivity index (χ3n) is 2.39. The van der Waals surface area contributed by atoms with E-state index in [4.69, 9.17) is 0 Å². The Kier molecular flexibility index (Phi) is 5.04. The second-order valence-corrected chi connectivity index (χ2v) is 6.23. The van der Waals surface area contributed by atoms with Gasteiger partial charge < -0.3 is 5.32 Å². The first-order valence-corrected chi connectivity index (χ1v) is 7.79. The first-order chi connectivity index (χ1) is 9.88. The number of aromatic nitrogens is 3. The molecule has 2 aromatic heterocycles. The number of anilines is 1. The predicted molar refractivity (Wildman–Crippen MR) is 76.8 cm³/mol. The van der Waals surface area contributed by atoms with Crippen molar-refractivity contribution >= 4 is 29.1 Å². The lowest BCUT2D eigenvalue weighted by Gasteiger charge is -2.11. The molecule has 0 aliphatic heterocycles. The Labute approximate surface area is 128 Å². The van der Waals surface area contributed by atoms with Crippen LogP contribution in [-0.4, -0.2) is 20.9 Å². The van der Waals surface area contributed by atoms with Gasteiger partial charge in [0, 0.05) is 6.54 Å². The van der Waals surface area contributed by atoms with Crippen LogP contribution in [0, 0.1) is 6.92 Å². The Morgan fingerprint density at radius 3 is 2.62 bits per heavy atom. The highest BCUT2D eigenvalue weighted by molar-refractivity contribution is 8.00. The molecule has 9 heteroatoms. The number of pyridine rings is 1. The summed E-state index contributed by atoms with van der Waals surface area (Å²) in [5, 5.41) is 3.13. The van der Waals surface area contributed by atoms with Gasteiger partial charge >= 0.3 is 6.18 Å². The highest BCUT2D eigenvalue weighted by atomic mass is 32.2. The Morgan fingerprint density at radius 2 is 2.05 bits per heavy atom. The van der Waals surface area contributed by atoms with E-state index in [2.05, 4.69) is 19.7 Å². The van der Waals surface area contributed by atoms with Gasteiger partial charge in [0.2, 0.25) is 0 Å². The van der Waals surface area contributed by atoms with Crippen LogP contribution in [-0.2, 0) is 6.18 Å². The standard InChI is InChI=1S/C12H13F3N4S2/c1-3-4-16-9-5-8(12(13,14)15)6-10(18-9)20-11-17-7(2)19-21-11/h5-6H,3-4H2,1-2H3,(H,16,18). The summed E-state index contributed by atoms with van der Waals surface area (Å²) in [5.41, 5.74) is -0.722. The molecule has 0 aromatic carbocycles. The van der Waals surface area contributed by atoms with Crippen LogP contribution >= 0.6 is 23.3 Å². The second kappa shape index (κ2) is 6.61. The average Bonchev–Trinajstić information content (AvgIpc) is 2.80. The van der Waals surface area contributed by atoms with Gasteiger partial charge in [0.05, 0.1) is 5.56 Å². The van der Waals surface area contributed by atoms with Crippen molar-refractivity contribution in [1.29, 1.82) is 0 Å². The van der Waals surface area contributed by atoms with Crippen LogP contribution in [0.2, 0.25) is 0 Å². The van der Waals surface area contributed by atoms with Crippen molar-refractivity contribution in [2.75, 3.05) is 11.9 Å². The summed E-state index contributed by atoms with van der Waals surface area (Å²) in [6.45, 7) is 4.23. The third kappa shape index (κ3) is 4.57. The first kappa shape index (κ1) is 16.0. The summed E-state index contributed by atoms with van der Waals surface area (Å²) in [7, 11) is 0. The van der Waals surface area contributed by atoms with Crippen molar-refractivity contribution in [1.82, 2.24) is 14.3 Å². The topological polar surface area (TPSA) is 50.7 Å². The quantitative estimate of drug-likeness (QED) is 0.886. The molecule has 2 aromatic rings. The van der Waals surface area contributed by atoms with Gasteiger partial charge in [-0.2, -0.15) is 17.5 Å². The third-order valence-corrected chi connectivity index (χ3v) is 4.15. The van der Waals surface area contributed by atoms with Crippen LogP contribution < -0.4 is 5.32 Å². The molecule has 0 unspecified atom stereocenters. The van der Waals surface area contributed by atoms with Crippen LogP contribution in [0.3, 0.4) is 0 Å². The fourth-order valence-corrected chi connectivity index (χ4v) is 3.10. The second-order valence-electron chi connectivity index (χ2n) is 4.21. The molecule has 0 amide bonds. The summed E-state index contributed by atoms with van der Waals surface area (Å²) in [6, 6.07) is 2.05. The number of rotatable bonds is 5. The Hall–Kier alpha value is -1.35. The summed E-state index contributed by atoms with van der Waals surface area (Å²) >= 11 is 2.22. The monoisotopic (exact) mass is 334 g/mol. The van der Waals surface area contributed by atoms with E-state index in [1.807, 2.05) is 6.92 Å². The molecule has 0 aliphatic rings. The maximum absolute atomic E-state index is 12.9. The maximum atomic E-state index is 12.9. The fraction of sp³-hybridized carbons (Fsp3) is 0.417. The molecule has 21 heavy (non-hydrogen) atoms. The minimum absolute atomic E-state index is 0.218. The van der Waals surface area contributed by atoms with Crippen molar-refractivity contribution in [3.63, 3.8) is 0 Å². The van der Waals surface area contributed by atoms with E-state index >= 15 is 0 Å². The molecule has 0 saturated heterocycles. The van der Waals surface area contributed by atoms with E-state index in [-0.39, 0.29) is 10.8 Å². The number of alkyl halides is 3. The van der Waals surface area contributed by atoms with E-state index in [1.165, 1.54) is 0 Å². The van der Waals surface area contributed by atoms with Crippen LogP contribution in [0.25, 0.3) is 0 Å². The Morgan fingerprint density at radius 1 is 1.29 bits per heavy atom. The van der Waals surface area contributed by atoms with Crippen molar-refractivity contribution in [2.24, 2.45) is 0 Å². The number of hydrogen-bond donors (Lipinski definition) is 1. The molecule has 0 fully saturated rings. The molecule has 2 heterocycles. The molecule has 1 N–H and O–H groups in total. The first-order valence-electron chi connectivity index (χ1n) is 6.20. The normalized spacial score (nSPS) is 11.7. The van der Waals surface area contributed by atoms with Gasteiger partial charge in [-0.1, -0.05) is 6.92 Å². The van der Waals surface area contributed by atoms with Crippen LogP contribution in [0.15, 0.2) is 21.5 Å². The molecular weight excluding hydrogens is 321 g/mol. The SMILES string of the molecule is CCCNc1cc(C(F)(F)F)cc(Sc2nc(C)ns2)n1. The van der Waals surface area contributed by atoms with E-state index in [1.54, 1.807) is 6.92 Å². The van der Waals surface area contributed by atoms with Crippen LogP contribution in [0.1, 0.15) is 24.7 Å². The number of hydrogen-bond acceptors (Lipinski definition) is 6. The average molecular weight is 334 g/mol. The van der Waals surface area contributed by atoms with E-state index in [0.717, 1.165) is 41.8 Å². The summed E-state index contributed by atoms with van der Waals surface area (Å²) in [6.07, 6.45) is -3.60. The fourth-order valence-electron chi connectivity index (χ4n) is 1.47. The maximum Gasteiger partial charge on any atom is 0.416 e. The number of nitrogens with zero attached hydrogens (tertiary/aromatic N) is 3. The zero-order valence-corrected chi connectivity index (χ0v) is 13.0.